The highest BCUT2D eigenvalue weighted by Gasteiger charge is 2.35. The summed E-state index contributed by atoms with van der Waals surface area (Å²) in [4.78, 5) is 44.9. The van der Waals surface area contributed by atoms with Crippen molar-refractivity contribution in [1.29, 1.82) is 0 Å². The number of thiocarbonyl (C=S) groups is 1. The number of carbonyl (C=O) groups excluding carboxylic acids is 1. The normalized spacial score (nSPS) is 15.4. The van der Waals surface area contributed by atoms with Gasteiger partial charge in [-0.05, 0) is 30.2 Å². The molecule has 0 saturated carbocycles. The van der Waals surface area contributed by atoms with Crippen molar-refractivity contribution in [2.24, 2.45) is 5.73 Å². The molecule has 2 aromatic carbocycles. The molecule has 1 fully saturated rings. The molecule has 0 radical (unpaired) electrons. The molecule has 2 aromatic rings. The van der Waals surface area contributed by atoms with Gasteiger partial charge in [0.1, 0.15) is 18.7 Å². The van der Waals surface area contributed by atoms with Gasteiger partial charge >= 0.3 is 17.6 Å². The van der Waals surface area contributed by atoms with Gasteiger partial charge < -0.3 is 25.6 Å². The first kappa shape index (κ1) is 29.9. The van der Waals surface area contributed by atoms with Crippen LogP contribution in [0.3, 0.4) is 0 Å². The average Bonchev–Trinajstić information content (AvgIpc) is 3.22. The minimum Gasteiger partial charge on any atom is -0.482 e. The zero-order chi connectivity index (χ0) is 27.9. The smallest absolute Gasteiger partial charge is 0.326 e. The minimum absolute atomic E-state index is 0.0219. The molecule has 2 atom stereocenters. The lowest BCUT2D eigenvalue weighted by Crippen LogP contribution is -2.39. The van der Waals surface area contributed by atoms with E-state index in [4.69, 9.17) is 56.1 Å². The number of carboxylic acids is 2. The molecular weight excluding hydrogens is 549 g/mol. The minimum atomic E-state index is -1.18. The number of nitrogens with two attached hydrogens (primary N) is 1. The van der Waals surface area contributed by atoms with Crippen LogP contribution >= 0.6 is 35.4 Å². The molecule has 0 bridgehead atoms. The van der Waals surface area contributed by atoms with Crippen molar-refractivity contribution in [2.75, 3.05) is 6.54 Å². The van der Waals surface area contributed by atoms with Gasteiger partial charge in [0.15, 0.2) is 5.75 Å². The lowest BCUT2D eigenvalue weighted by Gasteiger charge is -2.18. The molecule has 3 rings (SSSR count). The third kappa shape index (κ3) is 8.35. The number of likely N-dealkylation sites (tertiary alicyclic amines) is 1. The lowest BCUT2D eigenvalue weighted by atomic mass is 10.1. The zero-order valence-corrected chi connectivity index (χ0v) is 21.8. The van der Waals surface area contributed by atoms with E-state index in [1.165, 1.54) is 30.0 Å². The molecular formula is C23H23Cl2N3O8S. The summed E-state index contributed by atoms with van der Waals surface area (Å²) in [5.74, 6) is -2.38. The van der Waals surface area contributed by atoms with Crippen LogP contribution < -0.4 is 10.5 Å². The predicted molar refractivity (Wildman–Crippen MR) is 139 cm³/mol. The summed E-state index contributed by atoms with van der Waals surface area (Å²) < 4.78 is 5.50. The number of aliphatic carboxylic acids is 2. The van der Waals surface area contributed by atoms with E-state index >= 15 is 0 Å². The van der Waals surface area contributed by atoms with Gasteiger partial charge in [0.25, 0.3) is 0 Å². The highest BCUT2D eigenvalue weighted by Crippen LogP contribution is 2.31. The van der Waals surface area contributed by atoms with E-state index in [1.807, 2.05) is 0 Å². The van der Waals surface area contributed by atoms with Gasteiger partial charge in [-0.1, -0.05) is 47.6 Å². The Morgan fingerprint density at radius 2 is 1.86 bits per heavy atom. The van der Waals surface area contributed by atoms with Gasteiger partial charge in [-0.2, -0.15) is 0 Å². The Bertz CT molecular complexity index is 1180. The Morgan fingerprint density at radius 3 is 2.35 bits per heavy atom. The van der Waals surface area contributed by atoms with Crippen LogP contribution in [0.25, 0.3) is 0 Å². The molecule has 37 heavy (non-hydrogen) atoms. The number of carbonyl (C=O) groups is 3. The third-order valence-corrected chi connectivity index (χ3v) is 6.26. The van der Waals surface area contributed by atoms with Gasteiger partial charge in [-0.15, -0.1) is 0 Å². The maximum absolute atomic E-state index is 11.3. The topological polar surface area (TPSA) is 173 Å². The molecule has 1 heterocycles. The molecule has 1 aliphatic heterocycles. The van der Waals surface area contributed by atoms with Crippen molar-refractivity contribution in [2.45, 2.75) is 38.5 Å². The van der Waals surface area contributed by atoms with E-state index in [-0.39, 0.29) is 30.4 Å². The first-order valence-corrected chi connectivity index (χ1v) is 11.8. The Labute approximate surface area is 226 Å². The van der Waals surface area contributed by atoms with Crippen molar-refractivity contribution < 1.29 is 34.3 Å². The number of benzene rings is 2. The fourth-order valence-electron chi connectivity index (χ4n) is 3.36. The number of nitro benzene ring substituents is 1. The van der Waals surface area contributed by atoms with Gasteiger partial charge in [-0.25, -0.2) is 4.79 Å². The quantitative estimate of drug-likeness (QED) is 0.241. The second-order valence-electron chi connectivity index (χ2n) is 7.94. The van der Waals surface area contributed by atoms with Crippen LogP contribution in [0, 0.1) is 10.1 Å². The second-order valence-corrected chi connectivity index (χ2v) is 9.33. The molecule has 14 heteroatoms. The van der Waals surface area contributed by atoms with Crippen LogP contribution in [0.15, 0.2) is 36.4 Å². The first-order valence-electron chi connectivity index (χ1n) is 10.6. The Hall–Kier alpha value is -3.32. The monoisotopic (exact) mass is 571 g/mol. The molecule has 1 saturated heterocycles. The van der Waals surface area contributed by atoms with Gasteiger partial charge in [0, 0.05) is 39.9 Å². The van der Waals surface area contributed by atoms with E-state index < -0.39 is 28.9 Å². The van der Waals surface area contributed by atoms with E-state index in [0.29, 0.717) is 39.0 Å². The number of nitrogens with zero attached hydrogens (tertiary/aromatic N) is 2. The summed E-state index contributed by atoms with van der Waals surface area (Å²) in [7, 11) is 0. The van der Waals surface area contributed by atoms with Gasteiger partial charge in [-0.3, -0.25) is 19.7 Å². The fraction of sp³-hybridized carbons (Fsp3) is 0.304. The van der Waals surface area contributed by atoms with Crippen molar-refractivity contribution in [3.05, 3.63) is 67.7 Å². The van der Waals surface area contributed by atoms with Crippen LogP contribution in [-0.4, -0.2) is 61.4 Å². The number of nitro groups is 1. The van der Waals surface area contributed by atoms with E-state index in [2.05, 4.69) is 0 Å². The molecule has 0 aromatic heterocycles. The number of ether oxygens (including phenoxy) is 1. The van der Waals surface area contributed by atoms with Crippen LogP contribution in [0.1, 0.15) is 24.5 Å². The highest BCUT2D eigenvalue weighted by atomic mass is 35.5. The van der Waals surface area contributed by atoms with E-state index in [9.17, 15) is 24.5 Å². The molecule has 0 aliphatic carbocycles. The molecule has 198 valence electrons. The summed E-state index contributed by atoms with van der Waals surface area (Å²) in [6, 6.07) is 7.23. The molecule has 0 unspecified atom stereocenters. The number of hydrogen-bond donors (Lipinski definition) is 3. The first-order chi connectivity index (χ1) is 17.3. The summed E-state index contributed by atoms with van der Waals surface area (Å²) in [5, 5.41) is 29.6. The summed E-state index contributed by atoms with van der Waals surface area (Å²) in [6.45, 7) is 1.61. The van der Waals surface area contributed by atoms with Crippen molar-refractivity contribution >= 4 is 63.8 Å². The predicted octanol–water partition coefficient (Wildman–Crippen LogP) is 3.50. The Balaban J connectivity index is 0.000000335. The summed E-state index contributed by atoms with van der Waals surface area (Å²) in [6.07, 6.45) is 0.275. The number of halogens is 2. The van der Waals surface area contributed by atoms with Gasteiger partial charge in [0.05, 0.1) is 11.5 Å². The van der Waals surface area contributed by atoms with E-state index in [1.54, 1.807) is 18.2 Å². The van der Waals surface area contributed by atoms with Crippen molar-refractivity contribution in [3.8, 4) is 5.75 Å². The van der Waals surface area contributed by atoms with E-state index in [0.717, 1.165) is 0 Å². The largest absolute Gasteiger partial charge is 0.482 e. The Kier molecular flexibility index (Phi) is 10.7. The zero-order valence-electron chi connectivity index (χ0n) is 19.4. The molecule has 1 aliphatic rings. The van der Waals surface area contributed by atoms with Gasteiger partial charge in [0.2, 0.25) is 5.91 Å². The number of rotatable bonds is 8. The van der Waals surface area contributed by atoms with Crippen LogP contribution in [0.4, 0.5) is 5.69 Å². The number of hydrogen-bond acceptors (Lipinski definition) is 8. The van der Waals surface area contributed by atoms with Crippen LogP contribution in [0.2, 0.25) is 10.0 Å². The van der Waals surface area contributed by atoms with Crippen LogP contribution in [0.5, 0.6) is 5.75 Å². The summed E-state index contributed by atoms with van der Waals surface area (Å²) in [5.41, 5.74) is 6.09. The molecule has 4 N–H and O–H groups in total. The van der Waals surface area contributed by atoms with Crippen molar-refractivity contribution in [3.63, 3.8) is 0 Å². The highest BCUT2D eigenvalue weighted by molar-refractivity contribution is 7.80. The Morgan fingerprint density at radius 1 is 1.24 bits per heavy atom. The SMILES string of the molecule is CC(=O)N1CC(=S)C[C@H]1C(=O)O.N[C@@H](Cc1ccc(OCc2c(Cl)cccc2Cl)c([N+](=O)[O-])c1)C(=O)O. The lowest BCUT2D eigenvalue weighted by molar-refractivity contribution is -0.386. The number of carboxylic acid groups (broad SMARTS) is 2. The molecule has 0 spiro atoms. The maximum atomic E-state index is 11.3. The molecule has 11 nitrogen and oxygen atoms in total. The standard InChI is InChI=1S/C16H14Cl2N2O5.C7H9NO3S/c17-11-2-1-3-12(18)10(11)8-25-15-5-4-9(6-13(19)16(21)22)7-14(15)20(23)24;1-4(9)8-3-5(12)2-6(8)7(10)11/h1-5,7,13H,6,8,19H2,(H,21,22);6H,2-3H2,1H3,(H,10,11)/t13-;6-/m00/s1. The second kappa shape index (κ2) is 13.3. The molecule has 1 amide bonds. The van der Waals surface area contributed by atoms with Crippen LogP contribution in [-0.2, 0) is 27.4 Å². The summed E-state index contributed by atoms with van der Waals surface area (Å²) >= 11 is 16.9. The average molecular weight is 572 g/mol. The third-order valence-electron chi connectivity index (χ3n) is 5.26. The van der Waals surface area contributed by atoms with Crippen molar-refractivity contribution in [1.82, 2.24) is 4.90 Å². The maximum Gasteiger partial charge on any atom is 0.326 e. The number of amides is 1. The fourth-order valence-corrected chi connectivity index (χ4v) is 4.16.